The molecule has 0 heterocycles. The lowest BCUT2D eigenvalue weighted by molar-refractivity contribution is -0.0442. The Morgan fingerprint density at radius 3 is 0.938 bits per heavy atom. The molecular formula is C23H54O6Si3. The number of methoxy groups -OCH3 is 6. The maximum atomic E-state index is 5.38. The number of rotatable bonds is 24. The molecule has 0 aliphatic heterocycles. The van der Waals surface area contributed by atoms with Crippen molar-refractivity contribution in [1.29, 1.82) is 0 Å². The number of unbranched alkanes of at least 4 members (excludes halogenated alkanes) is 3. The molecule has 0 radical (unpaired) electrons. The normalized spacial score (nSPS) is 15.2. The summed E-state index contributed by atoms with van der Waals surface area (Å²) in [6.07, 6.45) is 12.0. The van der Waals surface area contributed by atoms with Gasteiger partial charge >= 0.3 is 0 Å². The van der Waals surface area contributed by atoms with E-state index < -0.39 is 0 Å². The van der Waals surface area contributed by atoms with Crippen LogP contribution >= 0.6 is 0 Å². The lowest BCUT2D eigenvalue weighted by Gasteiger charge is -2.30. The highest BCUT2D eigenvalue weighted by atomic mass is 28.2. The van der Waals surface area contributed by atoms with Gasteiger partial charge in [0.2, 0.25) is 0 Å². The molecule has 9 heteroatoms. The van der Waals surface area contributed by atoms with Crippen molar-refractivity contribution in [2.45, 2.75) is 101 Å². The summed E-state index contributed by atoms with van der Waals surface area (Å²) < 4.78 is 32.3. The fourth-order valence-corrected chi connectivity index (χ4v) is 8.83. The van der Waals surface area contributed by atoms with Crippen LogP contribution in [-0.2, 0) is 28.4 Å². The summed E-state index contributed by atoms with van der Waals surface area (Å²) in [5.74, 6) is 0.252. The molecule has 6 nitrogen and oxygen atoms in total. The predicted molar refractivity (Wildman–Crippen MR) is 143 cm³/mol. The fraction of sp³-hybridized carbons (Fsp3) is 1.00. The molecule has 0 aromatic carbocycles. The van der Waals surface area contributed by atoms with Crippen LogP contribution < -0.4 is 0 Å². The van der Waals surface area contributed by atoms with Gasteiger partial charge in [-0.3, -0.25) is 0 Å². The second kappa shape index (κ2) is 21.9. The van der Waals surface area contributed by atoms with Crippen molar-refractivity contribution < 1.29 is 28.4 Å². The van der Waals surface area contributed by atoms with Gasteiger partial charge in [0.05, 0.1) is 28.6 Å². The van der Waals surface area contributed by atoms with Crippen LogP contribution in [-0.4, -0.2) is 89.0 Å². The van der Waals surface area contributed by atoms with Gasteiger partial charge in [0.25, 0.3) is 0 Å². The van der Waals surface area contributed by atoms with Gasteiger partial charge in [0.15, 0.2) is 0 Å². The zero-order valence-corrected chi connectivity index (χ0v) is 26.5. The Bertz CT molecular complexity index is 339. The highest BCUT2D eigenvalue weighted by Gasteiger charge is 2.23. The van der Waals surface area contributed by atoms with Crippen molar-refractivity contribution in [2.24, 2.45) is 5.41 Å². The summed E-state index contributed by atoms with van der Waals surface area (Å²) in [4.78, 5) is 0. The summed E-state index contributed by atoms with van der Waals surface area (Å²) in [6, 6.07) is 3.93. The Hall–Kier alpha value is 0.411. The third-order valence-electron chi connectivity index (χ3n) is 6.74. The molecule has 0 spiro atoms. The lowest BCUT2D eigenvalue weighted by atomic mass is 9.76. The zero-order valence-electron chi connectivity index (χ0n) is 22.3. The first kappa shape index (κ1) is 32.4. The second-order valence-electron chi connectivity index (χ2n) is 9.31. The van der Waals surface area contributed by atoms with Crippen LogP contribution in [0.5, 0.6) is 0 Å². The minimum absolute atomic E-state index is 0.0840. The summed E-state index contributed by atoms with van der Waals surface area (Å²) in [5, 5.41) is 0. The van der Waals surface area contributed by atoms with Crippen LogP contribution in [0.1, 0.15) is 64.7 Å². The van der Waals surface area contributed by atoms with Crippen molar-refractivity contribution >= 4 is 28.6 Å². The van der Waals surface area contributed by atoms with Gasteiger partial charge in [-0.2, -0.15) is 0 Å². The second-order valence-corrected chi connectivity index (χ2v) is 15.2. The van der Waals surface area contributed by atoms with E-state index in [2.05, 4.69) is 6.92 Å². The van der Waals surface area contributed by atoms with Gasteiger partial charge in [-0.25, -0.2) is 0 Å². The summed E-state index contributed by atoms with van der Waals surface area (Å²) in [7, 11) is 9.66. The predicted octanol–water partition coefficient (Wildman–Crippen LogP) is 2.99. The Kier molecular flexibility index (Phi) is 22.2. The molecular weight excluding hydrogens is 457 g/mol. The van der Waals surface area contributed by atoms with E-state index in [0.29, 0.717) is 5.41 Å². The quantitative estimate of drug-likeness (QED) is 0.113. The first-order valence-corrected chi connectivity index (χ1v) is 18.1. The molecule has 0 aromatic rings. The topological polar surface area (TPSA) is 55.4 Å². The first-order valence-electron chi connectivity index (χ1n) is 12.6. The molecule has 0 rings (SSSR count). The summed E-state index contributed by atoms with van der Waals surface area (Å²) in [5.41, 5.74) is 0.469. The van der Waals surface area contributed by atoms with E-state index in [1.165, 1.54) is 75.9 Å². The van der Waals surface area contributed by atoms with Gasteiger partial charge in [0, 0.05) is 42.7 Å². The molecule has 0 saturated heterocycles. The van der Waals surface area contributed by atoms with Crippen LogP contribution in [0, 0.1) is 5.41 Å². The minimum atomic E-state index is -0.293. The average molecular weight is 511 g/mol. The van der Waals surface area contributed by atoms with Crippen LogP contribution in [0.25, 0.3) is 0 Å². The van der Waals surface area contributed by atoms with E-state index in [1.807, 2.05) is 0 Å². The van der Waals surface area contributed by atoms with Crippen LogP contribution in [0.3, 0.4) is 0 Å². The molecule has 0 atom stereocenters. The Morgan fingerprint density at radius 1 is 0.469 bits per heavy atom. The molecule has 0 saturated carbocycles. The van der Waals surface area contributed by atoms with Crippen molar-refractivity contribution in [3.63, 3.8) is 0 Å². The van der Waals surface area contributed by atoms with Gasteiger partial charge in [-0.15, -0.1) is 0 Å². The van der Waals surface area contributed by atoms with E-state index in [9.17, 15) is 0 Å². The smallest absolute Gasteiger partial charge is 0.134 e. The average Bonchev–Trinajstić information content (AvgIpc) is 2.81. The highest BCUT2D eigenvalue weighted by molar-refractivity contribution is 6.37. The van der Waals surface area contributed by atoms with Crippen LogP contribution in [0.4, 0.5) is 0 Å². The van der Waals surface area contributed by atoms with Gasteiger partial charge in [-0.05, 0) is 24.7 Å². The van der Waals surface area contributed by atoms with Gasteiger partial charge < -0.3 is 28.4 Å². The molecule has 0 fully saturated rings. The Balaban J connectivity index is 4.36. The van der Waals surface area contributed by atoms with E-state index in [1.54, 1.807) is 42.7 Å². The molecule has 32 heavy (non-hydrogen) atoms. The number of hydrogen-bond donors (Lipinski definition) is 0. The van der Waals surface area contributed by atoms with Crippen LogP contribution in [0.15, 0.2) is 0 Å². The van der Waals surface area contributed by atoms with Crippen molar-refractivity contribution in [2.75, 3.05) is 42.7 Å². The summed E-state index contributed by atoms with van der Waals surface area (Å²) in [6.45, 7) is 2.53. The molecule has 0 unspecified atom stereocenters. The molecule has 0 aliphatic rings. The molecule has 0 amide bonds. The third kappa shape index (κ3) is 16.9. The van der Waals surface area contributed by atoms with Crippen LogP contribution in [0.2, 0.25) is 18.1 Å². The fourth-order valence-electron chi connectivity index (χ4n) is 4.49. The number of hydrogen-bond acceptors (Lipinski definition) is 6. The maximum absolute atomic E-state index is 5.38. The standard InChI is InChI=1S/C23H54O6Si3/c1-23(14-8-11-17-30-20(24-2)25-3,15-9-12-18-31-21(26-4)27-5)16-10-13-19-32-22(28-6)29-7/h20-22H,8-19,30-32H2,1-7H3. The molecule has 0 aromatic heterocycles. The van der Waals surface area contributed by atoms with E-state index >= 15 is 0 Å². The Labute approximate surface area is 205 Å². The Morgan fingerprint density at radius 2 is 0.719 bits per heavy atom. The lowest BCUT2D eigenvalue weighted by Crippen LogP contribution is -2.22. The van der Waals surface area contributed by atoms with Crippen molar-refractivity contribution in [3.8, 4) is 0 Å². The monoisotopic (exact) mass is 510 g/mol. The maximum Gasteiger partial charge on any atom is 0.134 e. The van der Waals surface area contributed by atoms with Crippen molar-refractivity contribution in [1.82, 2.24) is 0 Å². The number of ether oxygens (including phenoxy) is 6. The van der Waals surface area contributed by atoms with E-state index in [4.69, 9.17) is 28.4 Å². The van der Waals surface area contributed by atoms with Crippen molar-refractivity contribution in [3.05, 3.63) is 0 Å². The van der Waals surface area contributed by atoms with Gasteiger partial charge in [0.1, 0.15) is 17.7 Å². The SMILES string of the molecule is COC(OC)[SiH2]CCCCC(C)(CCCC[SiH2]C(OC)OC)CCCC[SiH2]C(OC)OC. The first-order chi connectivity index (χ1) is 15.5. The molecule has 0 bridgehead atoms. The zero-order chi connectivity index (χ0) is 24.1. The molecule has 0 N–H and O–H groups in total. The largest absolute Gasteiger partial charge is 0.360 e. The summed E-state index contributed by atoms with van der Waals surface area (Å²) >= 11 is 0. The van der Waals surface area contributed by atoms with E-state index in [-0.39, 0.29) is 46.3 Å². The molecule has 194 valence electrons. The third-order valence-corrected chi connectivity index (χ3v) is 12.9. The molecule has 0 aliphatic carbocycles. The minimum Gasteiger partial charge on any atom is -0.360 e. The van der Waals surface area contributed by atoms with E-state index in [0.717, 1.165) is 0 Å². The highest BCUT2D eigenvalue weighted by Crippen LogP contribution is 2.36. The van der Waals surface area contributed by atoms with Gasteiger partial charge in [-0.1, -0.05) is 63.6 Å².